The summed E-state index contributed by atoms with van der Waals surface area (Å²) in [6.07, 6.45) is 13.2. The lowest BCUT2D eigenvalue weighted by molar-refractivity contribution is -0.150. The van der Waals surface area contributed by atoms with Crippen LogP contribution in [0.2, 0.25) is 0 Å². The van der Waals surface area contributed by atoms with Crippen molar-refractivity contribution in [3.05, 3.63) is 81.1 Å². The number of fused-ring (bicyclic) bond motifs is 1. The maximum Gasteiger partial charge on any atom is 0.346 e. The van der Waals surface area contributed by atoms with Gasteiger partial charge >= 0.3 is 11.9 Å². The van der Waals surface area contributed by atoms with Crippen LogP contribution in [0.4, 0.5) is 0 Å². The first kappa shape index (κ1) is 23.0. The van der Waals surface area contributed by atoms with Gasteiger partial charge in [-0.05, 0) is 97.3 Å². The van der Waals surface area contributed by atoms with Crippen LogP contribution in [0.1, 0.15) is 74.8 Å². The predicted molar refractivity (Wildman–Crippen MR) is 151 cm³/mol. The highest BCUT2D eigenvalue weighted by atomic mass is 32.1. The van der Waals surface area contributed by atoms with Gasteiger partial charge in [-0.15, -0.1) is 11.3 Å². The van der Waals surface area contributed by atoms with Crippen molar-refractivity contribution in [2.75, 3.05) is 0 Å². The van der Waals surface area contributed by atoms with Crippen LogP contribution in [0, 0.1) is 23.7 Å². The molecule has 0 spiro atoms. The van der Waals surface area contributed by atoms with Gasteiger partial charge in [0.15, 0.2) is 0 Å². The third-order valence-corrected chi connectivity index (χ3v) is 11.3. The Morgan fingerprint density at radius 1 is 0.789 bits per heavy atom. The molecule has 2 aromatic carbocycles. The molecule has 2 heterocycles. The summed E-state index contributed by atoms with van der Waals surface area (Å²) in [6, 6.07) is 17.5. The van der Waals surface area contributed by atoms with Crippen LogP contribution in [0.15, 0.2) is 60.2 Å². The second-order valence-corrected chi connectivity index (χ2v) is 13.4. The lowest BCUT2D eigenvalue weighted by Gasteiger charge is -2.51. The van der Waals surface area contributed by atoms with Crippen molar-refractivity contribution in [1.29, 1.82) is 0 Å². The molecule has 192 valence electrons. The highest BCUT2D eigenvalue weighted by Crippen LogP contribution is 2.56. The molecule has 38 heavy (non-hydrogen) atoms. The van der Waals surface area contributed by atoms with Crippen molar-refractivity contribution in [2.24, 2.45) is 23.7 Å². The fraction of sp³-hybridized carbons (Fsp3) is 0.412. The molecule has 0 saturated heterocycles. The largest absolute Gasteiger partial charge is 0.386 e. The third-order valence-electron chi connectivity index (χ3n) is 10.1. The topological polar surface area (TPSA) is 43.4 Å². The summed E-state index contributed by atoms with van der Waals surface area (Å²) < 4.78 is 7.67. The summed E-state index contributed by atoms with van der Waals surface area (Å²) in [5.74, 6) is 2.61. The maximum atomic E-state index is 13.1. The average molecular weight is 521 g/mol. The monoisotopic (exact) mass is 520 g/mol. The zero-order valence-corrected chi connectivity index (χ0v) is 22.4. The maximum absolute atomic E-state index is 13.1. The number of esters is 2. The molecule has 4 bridgehead atoms. The Morgan fingerprint density at radius 2 is 1.47 bits per heavy atom. The summed E-state index contributed by atoms with van der Waals surface area (Å²) in [5, 5.41) is 2.32. The van der Waals surface area contributed by atoms with Gasteiger partial charge in [-0.2, -0.15) is 0 Å². The quantitative estimate of drug-likeness (QED) is 0.298. The Kier molecular flexibility index (Phi) is 5.30. The number of cyclic esters (lactones) is 2. The van der Waals surface area contributed by atoms with E-state index in [1.807, 2.05) is 11.3 Å². The van der Waals surface area contributed by atoms with Crippen molar-refractivity contribution in [3.8, 4) is 0 Å². The van der Waals surface area contributed by atoms with Gasteiger partial charge < -0.3 is 4.74 Å². The number of benzene rings is 2. The molecule has 5 fully saturated rings. The van der Waals surface area contributed by atoms with E-state index in [1.54, 1.807) is 5.57 Å². The van der Waals surface area contributed by atoms with E-state index in [4.69, 9.17) is 4.74 Å². The Balaban J connectivity index is 1.45. The number of hydrogen-bond donors (Lipinski definition) is 0. The fourth-order valence-corrected chi connectivity index (χ4v) is 10.1. The van der Waals surface area contributed by atoms with Gasteiger partial charge in [0.2, 0.25) is 0 Å². The minimum absolute atomic E-state index is 0.401. The molecule has 3 aromatic rings. The van der Waals surface area contributed by atoms with Crippen LogP contribution < -0.4 is 9.75 Å². The number of rotatable bonds is 3. The molecule has 0 unspecified atom stereocenters. The lowest BCUT2D eigenvalue weighted by Crippen LogP contribution is -2.43. The zero-order chi connectivity index (χ0) is 25.4. The number of carbonyl (C=O) groups excluding carboxylic acids is 2. The molecule has 3 nitrogen and oxygen atoms in total. The van der Waals surface area contributed by atoms with E-state index in [0.717, 1.165) is 28.2 Å². The second-order valence-electron chi connectivity index (χ2n) is 12.3. The molecular weight excluding hydrogens is 488 g/mol. The first-order valence-electron chi connectivity index (χ1n) is 14.5. The number of ether oxygens (including phenoxy) is 1. The summed E-state index contributed by atoms with van der Waals surface area (Å²) >= 11 is 1.89. The molecule has 0 amide bonds. The molecule has 6 aliphatic rings. The Labute approximate surface area is 226 Å². The molecular formula is C34H32O3S. The van der Waals surface area contributed by atoms with Crippen LogP contribution in [0.3, 0.4) is 0 Å². The van der Waals surface area contributed by atoms with Crippen LogP contribution in [-0.2, 0) is 14.3 Å². The van der Waals surface area contributed by atoms with Crippen molar-refractivity contribution in [3.63, 3.8) is 0 Å². The summed E-state index contributed by atoms with van der Waals surface area (Å²) in [4.78, 5) is 25.4. The Hall–Kier alpha value is -2.98. The van der Waals surface area contributed by atoms with Crippen molar-refractivity contribution < 1.29 is 14.3 Å². The minimum Gasteiger partial charge on any atom is -0.386 e. The first-order valence-corrected chi connectivity index (χ1v) is 15.3. The zero-order valence-electron chi connectivity index (χ0n) is 21.6. The van der Waals surface area contributed by atoms with Gasteiger partial charge in [0, 0.05) is 31.5 Å². The van der Waals surface area contributed by atoms with Crippen molar-refractivity contribution >= 4 is 44.5 Å². The van der Waals surface area contributed by atoms with Crippen LogP contribution in [0.5, 0.6) is 0 Å². The average Bonchev–Trinajstić information content (AvgIpc) is 3.64. The van der Waals surface area contributed by atoms with E-state index in [1.165, 1.54) is 84.0 Å². The van der Waals surface area contributed by atoms with Crippen molar-refractivity contribution in [1.82, 2.24) is 0 Å². The van der Waals surface area contributed by atoms with Gasteiger partial charge in [-0.3, -0.25) is 0 Å². The number of thiophene rings is 1. The fourth-order valence-electron chi connectivity index (χ4n) is 8.70. The highest BCUT2D eigenvalue weighted by molar-refractivity contribution is 7.17. The summed E-state index contributed by atoms with van der Waals surface area (Å²) in [7, 11) is 0. The third kappa shape index (κ3) is 3.60. The summed E-state index contributed by atoms with van der Waals surface area (Å²) in [5.41, 5.74) is 5.28. The van der Waals surface area contributed by atoms with E-state index in [2.05, 4.69) is 48.5 Å². The predicted octanol–water partition coefficient (Wildman–Crippen LogP) is 6.37. The normalized spacial score (nSPS) is 29.4. The van der Waals surface area contributed by atoms with Gasteiger partial charge in [0.05, 0.1) is 5.57 Å². The van der Waals surface area contributed by atoms with E-state index < -0.39 is 11.9 Å². The Morgan fingerprint density at radius 3 is 2.13 bits per heavy atom. The van der Waals surface area contributed by atoms with E-state index >= 15 is 0 Å². The highest BCUT2D eigenvalue weighted by Gasteiger charge is 2.45. The smallest absolute Gasteiger partial charge is 0.346 e. The van der Waals surface area contributed by atoms with Crippen LogP contribution >= 0.6 is 11.3 Å². The van der Waals surface area contributed by atoms with Gasteiger partial charge in [-0.25, -0.2) is 9.59 Å². The molecule has 4 heteroatoms. The SMILES string of the molecule is O=C1C=C(/C(c2ccc(C3CCCC3)cc2)=c2\c(=C3C4CC5CC(C4)CC3C5)sc3ccccc23)C(=O)O1. The molecule has 1 aliphatic heterocycles. The molecule has 5 aliphatic carbocycles. The van der Waals surface area contributed by atoms with E-state index in [9.17, 15) is 9.59 Å². The number of carbonyl (C=O) groups is 2. The van der Waals surface area contributed by atoms with Gasteiger partial charge in [0.25, 0.3) is 0 Å². The van der Waals surface area contributed by atoms with Crippen LogP contribution in [0.25, 0.3) is 21.2 Å². The minimum atomic E-state index is -0.562. The number of hydrogen-bond acceptors (Lipinski definition) is 4. The van der Waals surface area contributed by atoms with Gasteiger partial charge in [0.1, 0.15) is 0 Å². The van der Waals surface area contributed by atoms with E-state index in [0.29, 0.717) is 23.3 Å². The van der Waals surface area contributed by atoms with E-state index in [-0.39, 0.29) is 0 Å². The van der Waals surface area contributed by atoms with Gasteiger partial charge in [-0.1, -0.05) is 55.3 Å². The molecule has 0 radical (unpaired) electrons. The summed E-state index contributed by atoms with van der Waals surface area (Å²) in [6.45, 7) is 0. The van der Waals surface area contributed by atoms with Crippen LogP contribution in [-0.4, -0.2) is 11.9 Å². The molecule has 1 aromatic heterocycles. The molecule has 9 rings (SSSR count). The standard InChI is InChI=1S/C34H32O3S/c35-29-18-27(34(36)37-29)31(23-11-9-22(10-12-23)21-5-1-2-6-21)32-26-7-3-4-8-28(26)38-33(32)30-24-14-19-13-20(16-24)17-25(30)15-19/h3-4,7-12,18-21,24-25H,1-2,5-6,13-17H2/b32-31-,33-30?. The molecule has 5 saturated carbocycles. The second kappa shape index (κ2) is 8.77. The first-order chi connectivity index (χ1) is 18.6. The Bertz CT molecular complexity index is 1600. The molecule has 0 atom stereocenters. The van der Waals surface area contributed by atoms with Crippen molar-refractivity contribution in [2.45, 2.75) is 63.7 Å². The lowest BCUT2D eigenvalue weighted by atomic mass is 9.54. The molecule has 0 N–H and O–H groups in total.